The molecule has 25 heavy (non-hydrogen) atoms. The van der Waals surface area contributed by atoms with E-state index in [1.165, 1.54) is 18.1 Å². The lowest BCUT2D eigenvalue weighted by Crippen LogP contribution is -2.02. The summed E-state index contributed by atoms with van der Waals surface area (Å²) in [5.41, 5.74) is 2.51. The van der Waals surface area contributed by atoms with E-state index in [-0.39, 0.29) is 12.6 Å². The van der Waals surface area contributed by atoms with E-state index in [4.69, 9.17) is 9.84 Å². The van der Waals surface area contributed by atoms with Gasteiger partial charge in [-0.1, -0.05) is 0 Å². The van der Waals surface area contributed by atoms with Gasteiger partial charge in [-0.2, -0.15) is 23.5 Å². The van der Waals surface area contributed by atoms with Gasteiger partial charge >= 0.3 is 5.97 Å². The fraction of sp³-hybridized carbons (Fsp3) is 0.389. The summed E-state index contributed by atoms with van der Waals surface area (Å²) >= 11 is 3.47. The normalized spacial score (nSPS) is 9.84. The van der Waals surface area contributed by atoms with Gasteiger partial charge in [0.1, 0.15) is 6.61 Å². The standard InChI is InChI=1S/C10H13NO2S.C8H11NOS/c1-9(12)13-6-7-14-8-10-2-4-11-5-3-10;10-5-6-11-7-8-1-3-9-4-2-8/h2-5H,6-8H2,1H3;1-4,10H,5-7H2. The Morgan fingerprint density at radius 3 is 1.88 bits per heavy atom. The third-order valence-corrected chi connectivity index (χ3v) is 4.81. The molecule has 0 atom stereocenters. The largest absolute Gasteiger partial charge is 0.465 e. The van der Waals surface area contributed by atoms with Crippen LogP contribution in [0.3, 0.4) is 0 Å². The number of nitrogens with zero attached hydrogens (tertiary/aromatic N) is 2. The maximum atomic E-state index is 10.4. The molecule has 0 spiro atoms. The predicted octanol–water partition coefficient (Wildman–Crippen LogP) is 3.19. The third-order valence-electron chi connectivity index (χ3n) is 2.80. The Morgan fingerprint density at radius 2 is 1.44 bits per heavy atom. The van der Waals surface area contributed by atoms with E-state index < -0.39 is 0 Å². The number of aromatic nitrogens is 2. The minimum Gasteiger partial charge on any atom is -0.465 e. The average molecular weight is 381 g/mol. The van der Waals surface area contributed by atoms with Crippen LogP contribution in [0, 0.1) is 0 Å². The molecule has 0 unspecified atom stereocenters. The number of aliphatic hydroxyl groups is 1. The summed E-state index contributed by atoms with van der Waals surface area (Å²) in [6, 6.07) is 7.95. The zero-order valence-corrected chi connectivity index (χ0v) is 16.0. The van der Waals surface area contributed by atoms with Gasteiger partial charge in [0.25, 0.3) is 0 Å². The van der Waals surface area contributed by atoms with Crippen molar-refractivity contribution in [1.29, 1.82) is 0 Å². The minimum absolute atomic E-state index is 0.213. The van der Waals surface area contributed by atoms with E-state index in [2.05, 4.69) is 9.97 Å². The Balaban J connectivity index is 0.000000257. The minimum atomic E-state index is -0.213. The molecule has 0 saturated carbocycles. The molecule has 0 bridgehead atoms. The molecule has 7 heteroatoms. The van der Waals surface area contributed by atoms with Crippen molar-refractivity contribution < 1.29 is 14.6 Å². The lowest BCUT2D eigenvalue weighted by molar-refractivity contribution is -0.140. The summed E-state index contributed by atoms with van der Waals surface area (Å²) in [4.78, 5) is 18.3. The zero-order valence-electron chi connectivity index (χ0n) is 14.3. The average Bonchev–Trinajstić information content (AvgIpc) is 2.64. The molecule has 1 N–H and O–H groups in total. The third kappa shape index (κ3) is 12.4. The maximum absolute atomic E-state index is 10.4. The van der Waals surface area contributed by atoms with Crippen LogP contribution in [0.1, 0.15) is 18.1 Å². The van der Waals surface area contributed by atoms with E-state index in [0.29, 0.717) is 6.61 Å². The molecule has 0 fully saturated rings. The highest BCUT2D eigenvalue weighted by Crippen LogP contribution is 2.10. The van der Waals surface area contributed by atoms with Gasteiger partial charge in [0.05, 0.1) is 6.61 Å². The van der Waals surface area contributed by atoms with Gasteiger partial charge in [0.15, 0.2) is 0 Å². The number of carbonyl (C=O) groups excluding carboxylic acids is 1. The van der Waals surface area contributed by atoms with Crippen molar-refractivity contribution in [2.75, 3.05) is 24.7 Å². The molecule has 0 aromatic carbocycles. The SMILES string of the molecule is CC(=O)OCCSCc1ccncc1.OCCSCc1ccncc1. The highest BCUT2D eigenvalue weighted by molar-refractivity contribution is 7.98. The van der Waals surface area contributed by atoms with Gasteiger partial charge in [0.2, 0.25) is 0 Å². The van der Waals surface area contributed by atoms with Crippen molar-refractivity contribution in [1.82, 2.24) is 9.97 Å². The Bertz CT molecular complexity index is 571. The highest BCUT2D eigenvalue weighted by Gasteiger charge is 1.95. The van der Waals surface area contributed by atoms with E-state index in [9.17, 15) is 4.79 Å². The number of ether oxygens (including phenoxy) is 1. The van der Waals surface area contributed by atoms with Crippen LogP contribution in [0.4, 0.5) is 0 Å². The summed E-state index contributed by atoms with van der Waals surface area (Å²) in [6.07, 6.45) is 7.13. The molecule has 0 aliphatic carbocycles. The Morgan fingerprint density at radius 1 is 0.960 bits per heavy atom. The first-order chi connectivity index (χ1) is 12.2. The van der Waals surface area contributed by atoms with Gasteiger partial charge in [0, 0.05) is 54.7 Å². The van der Waals surface area contributed by atoms with E-state index in [1.807, 2.05) is 24.3 Å². The monoisotopic (exact) mass is 380 g/mol. The van der Waals surface area contributed by atoms with Crippen LogP contribution in [0.5, 0.6) is 0 Å². The van der Waals surface area contributed by atoms with Crippen LogP contribution >= 0.6 is 23.5 Å². The lowest BCUT2D eigenvalue weighted by Gasteiger charge is -2.01. The molecule has 0 amide bonds. The van der Waals surface area contributed by atoms with Gasteiger partial charge in [-0.05, 0) is 35.4 Å². The molecule has 2 rings (SSSR count). The second-order valence-electron chi connectivity index (χ2n) is 4.88. The fourth-order valence-corrected chi connectivity index (χ4v) is 3.12. The molecule has 0 radical (unpaired) electrons. The number of carbonyl (C=O) groups is 1. The number of aliphatic hydroxyl groups excluding tert-OH is 1. The second kappa shape index (κ2) is 14.7. The zero-order chi connectivity index (χ0) is 18.2. The summed E-state index contributed by atoms with van der Waals surface area (Å²) in [5.74, 6) is 3.33. The van der Waals surface area contributed by atoms with Crippen molar-refractivity contribution in [3.05, 3.63) is 60.2 Å². The number of pyridine rings is 2. The van der Waals surface area contributed by atoms with E-state index in [0.717, 1.165) is 23.0 Å². The van der Waals surface area contributed by atoms with Crippen molar-refractivity contribution in [3.8, 4) is 0 Å². The first-order valence-corrected chi connectivity index (χ1v) is 10.2. The number of thioether (sulfide) groups is 2. The summed E-state index contributed by atoms with van der Waals surface area (Å²) in [5, 5.41) is 8.51. The molecular weight excluding hydrogens is 356 g/mol. The number of hydrogen-bond donors (Lipinski definition) is 1. The number of esters is 1. The molecule has 5 nitrogen and oxygen atoms in total. The molecular formula is C18H24N2O3S2. The molecule has 0 aliphatic rings. The first kappa shape index (κ1) is 21.5. The van der Waals surface area contributed by atoms with Crippen molar-refractivity contribution in [3.63, 3.8) is 0 Å². The molecule has 0 saturated heterocycles. The molecule has 0 aliphatic heterocycles. The van der Waals surface area contributed by atoms with Gasteiger partial charge in [-0.25, -0.2) is 0 Å². The lowest BCUT2D eigenvalue weighted by atomic mass is 10.3. The van der Waals surface area contributed by atoms with Crippen LogP contribution < -0.4 is 0 Å². The van der Waals surface area contributed by atoms with Gasteiger partial charge in [-0.15, -0.1) is 0 Å². The van der Waals surface area contributed by atoms with Gasteiger partial charge < -0.3 is 9.84 Å². The number of rotatable bonds is 9. The first-order valence-electron chi connectivity index (χ1n) is 7.90. The molecule has 2 aromatic heterocycles. The topological polar surface area (TPSA) is 72.3 Å². The Labute approximate surface area is 157 Å². The summed E-state index contributed by atoms with van der Waals surface area (Å²) in [6.45, 7) is 2.17. The van der Waals surface area contributed by atoms with Crippen LogP contribution in [0.2, 0.25) is 0 Å². The van der Waals surface area contributed by atoms with Crippen molar-refractivity contribution in [2.24, 2.45) is 0 Å². The Hall–Kier alpha value is -1.57. The van der Waals surface area contributed by atoms with Gasteiger partial charge in [-0.3, -0.25) is 14.8 Å². The van der Waals surface area contributed by atoms with Crippen molar-refractivity contribution in [2.45, 2.75) is 18.4 Å². The van der Waals surface area contributed by atoms with Crippen LogP contribution in [0.15, 0.2) is 49.1 Å². The van der Waals surface area contributed by atoms with Crippen LogP contribution in [0.25, 0.3) is 0 Å². The fourth-order valence-electron chi connectivity index (χ4n) is 1.65. The highest BCUT2D eigenvalue weighted by atomic mass is 32.2. The van der Waals surface area contributed by atoms with E-state index >= 15 is 0 Å². The molecule has 136 valence electrons. The van der Waals surface area contributed by atoms with Crippen LogP contribution in [-0.2, 0) is 21.0 Å². The number of hydrogen-bond acceptors (Lipinski definition) is 7. The van der Waals surface area contributed by atoms with Crippen molar-refractivity contribution >= 4 is 29.5 Å². The smallest absolute Gasteiger partial charge is 0.302 e. The Kier molecular flexibility index (Phi) is 12.7. The maximum Gasteiger partial charge on any atom is 0.302 e. The second-order valence-corrected chi connectivity index (χ2v) is 7.09. The predicted molar refractivity (Wildman–Crippen MR) is 105 cm³/mol. The van der Waals surface area contributed by atoms with Crippen LogP contribution in [-0.4, -0.2) is 45.8 Å². The summed E-state index contributed by atoms with van der Waals surface area (Å²) in [7, 11) is 0. The molecule has 2 heterocycles. The summed E-state index contributed by atoms with van der Waals surface area (Å²) < 4.78 is 4.81. The van der Waals surface area contributed by atoms with E-state index in [1.54, 1.807) is 48.3 Å². The quantitative estimate of drug-likeness (QED) is 0.529. The molecule has 2 aromatic rings.